The third kappa shape index (κ3) is 2.84. The van der Waals surface area contributed by atoms with Crippen LogP contribution in [0, 0.1) is 11.8 Å². The highest BCUT2D eigenvalue weighted by atomic mass is 16.3. The molecule has 2 aliphatic rings. The van der Waals surface area contributed by atoms with Crippen LogP contribution in [-0.4, -0.2) is 29.8 Å². The van der Waals surface area contributed by atoms with E-state index in [0.29, 0.717) is 11.8 Å². The van der Waals surface area contributed by atoms with Gasteiger partial charge in [0.25, 0.3) is 0 Å². The van der Waals surface area contributed by atoms with Crippen LogP contribution in [0.25, 0.3) is 0 Å². The second kappa shape index (κ2) is 4.00. The van der Waals surface area contributed by atoms with Gasteiger partial charge in [-0.25, -0.2) is 4.79 Å². The Bertz CT molecular complexity index is 249. The van der Waals surface area contributed by atoms with Gasteiger partial charge in [-0.2, -0.15) is 0 Å². The first-order chi connectivity index (χ1) is 7.14. The summed E-state index contributed by atoms with van der Waals surface area (Å²) >= 11 is 0. The number of rotatable bonds is 5. The molecule has 3 N–H and O–H groups in total. The Kier molecular flexibility index (Phi) is 2.87. The van der Waals surface area contributed by atoms with E-state index in [1.165, 1.54) is 12.8 Å². The van der Waals surface area contributed by atoms with E-state index in [-0.39, 0.29) is 12.6 Å². The number of aliphatic hydroxyl groups excluding tert-OH is 1. The van der Waals surface area contributed by atoms with Crippen LogP contribution in [0.2, 0.25) is 0 Å². The fraction of sp³-hybridized carbons (Fsp3) is 0.909. The van der Waals surface area contributed by atoms with Gasteiger partial charge in [0.1, 0.15) is 0 Å². The van der Waals surface area contributed by atoms with Crippen molar-refractivity contribution in [2.45, 2.75) is 38.1 Å². The summed E-state index contributed by atoms with van der Waals surface area (Å²) in [4.78, 5) is 11.5. The number of carbonyl (C=O) groups is 1. The van der Waals surface area contributed by atoms with Gasteiger partial charge in [-0.15, -0.1) is 0 Å². The van der Waals surface area contributed by atoms with E-state index in [1.807, 2.05) is 6.92 Å². The highest BCUT2D eigenvalue weighted by Gasteiger charge is 2.42. The molecule has 0 saturated heterocycles. The number of hydrogen-bond donors (Lipinski definition) is 3. The summed E-state index contributed by atoms with van der Waals surface area (Å²) in [5.74, 6) is 1.14. The van der Waals surface area contributed by atoms with Crippen LogP contribution in [-0.2, 0) is 0 Å². The van der Waals surface area contributed by atoms with Gasteiger partial charge in [-0.1, -0.05) is 0 Å². The van der Waals surface area contributed by atoms with Gasteiger partial charge in [0, 0.05) is 6.54 Å². The largest absolute Gasteiger partial charge is 0.394 e. The highest BCUT2D eigenvalue weighted by molar-refractivity contribution is 5.74. The number of aliphatic hydroxyl groups is 1. The molecule has 0 radical (unpaired) electrons. The van der Waals surface area contributed by atoms with E-state index in [9.17, 15) is 9.90 Å². The number of carbonyl (C=O) groups excluding carboxylic acids is 1. The predicted molar refractivity (Wildman–Crippen MR) is 57.5 cm³/mol. The molecule has 0 spiro atoms. The van der Waals surface area contributed by atoms with Crippen LogP contribution in [0.3, 0.4) is 0 Å². The normalized spacial score (nSPS) is 24.4. The lowest BCUT2D eigenvalue weighted by Crippen LogP contribution is -2.54. The highest BCUT2D eigenvalue weighted by Crippen LogP contribution is 2.39. The topological polar surface area (TPSA) is 61.4 Å². The maximum atomic E-state index is 11.5. The maximum absolute atomic E-state index is 11.5. The van der Waals surface area contributed by atoms with Crippen molar-refractivity contribution >= 4 is 6.03 Å². The minimum Gasteiger partial charge on any atom is -0.394 e. The third-order valence-electron chi connectivity index (χ3n) is 3.45. The molecule has 0 bridgehead atoms. The second-order valence-corrected chi connectivity index (χ2v) is 5.13. The van der Waals surface area contributed by atoms with Crippen molar-refractivity contribution in [2.75, 3.05) is 13.2 Å². The van der Waals surface area contributed by atoms with Gasteiger partial charge >= 0.3 is 6.03 Å². The van der Waals surface area contributed by atoms with Crippen molar-refractivity contribution in [1.82, 2.24) is 10.6 Å². The molecule has 0 aromatic heterocycles. The molecule has 2 amide bonds. The van der Waals surface area contributed by atoms with Crippen LogP contribution in [0.15, 0.2) is 0 Å². The Balaban J connectivity index is 1.74. The standard InChI is InChI=1S/C11H20N2O2/c1-11(7-14,9-4-5-9)13-10(15)12-6-8-2-3-8/h8-9,14H,2-7H2,1H3,(H2,12,13,15). The van der Waals surface area contributed by atoms with Crippen molar-refractivity contribution in [3.05, 3.63) is 0 Å². The van der Waals surface area contributed by atoms with Gasteiger partial charge in [0.2, 0.25) is 0 Å². The Hall–Kier alpha value is -0.770. The summed E-state index contributed by atoms with van der Waals surface area (Å²) < 4.78 is 0. The molecule has 0 heterocycles. The molecular formula is C11H20N2O2. The van der Waals surface area contributed by atoms with Gasteiger partial charge in [-0.05, 0) is 44.4 Å². The van der Waals surface area contributed by atoms with E-state index in [4.69, 9.17) is 0 Å². The lowest BCUT2D eigenvalue weighted by molar-refractivity contribution is 0.155. The summed E-state index contributed by atoms with van der Waals surface area (Å²) in [6, 6.07) is -0.134. The first kappa shape index (κ1) is 10.7. The van der Waals surface area contributed by atoms with Crippen LogP contribution in [0.1, 0.15) is 32.6 Å². The molecule has 2 saturated carbocycles. The molecule has 86 valence electrons. The Morgan fingerprint density at radius 1 is 1.40 bits per heavy atom. The minimum absolute atomic E-state index is 0.0223. The average Bonchev–Trinajstić information content (AvgIpc) is 3.04. The molecule has 0 aliphatic heterocycles. The summed E-state index contributed by atoms with van der Waals surface area (Å²) in [6.07, 6.45) is 4.69. The monoisotopic (exact) mass is 212 g/mol. The van der Waals surface area contributed by atoms with Gasteiger partial charge in [0.05, 0.1) is 12.1 Å². The van der Waals surface area contributed by atoms with Crippen LogP contribution < -0.4 is 10.6 Å². The van der Waals surface area contributed by atoms with Gasteiger partial charge < -0.3 is 15.7 Å². The second-order valence-electron chi connectivity index (χ2n) is 5.13. The van der Waals surface area contributed by atoms with Gasteiger partial charge in [-0.3, -0.25) is 0 Å². The zero-order valence-corrected chi connectivity index (χ0v) is 9.25. The molecule has 2 aliphatic carbocycles. The first-order valence-electron chi connectivity index (χ1n) is 5.81. The summed E-state index contributed by atoms with van der Waals surface area (Å²) in [6.45, 7) is 2.72. The number of hydrogen-bond acceptors (Lipinski definition) is 2. The fourth-order valence-electron chi connectivity index (χ4n) is 1.85. The van der Waals surface area contributed by atoms with E-state index >= 15 is 0 Å². The van der Waals surface area contributed by atoms with E-state index < -0.39 is 5.54 Å². The summed E-state index contributed by atoms with van der Waals surface area (Å²) in [7, 11) is 0. The van der Waals surface area contributed by atoms with E-state index in [2.05, 4.69) is 10.6 Å². The molecule has 1 atom stereocenters. The molecular weight excluding hydrogens is 192 g/mol. The van der Waals surface area contributed by atoms with Crippen LogP contribution in [0.5, 0.6) is 0 Å². The predicted octanol–water partition coefficient (Wildman–Crippen LogP) is 0.857. The maximum Gasteiger partial charge on any atom is 0.315 e. The van der Waals surface area contributed by atoms with Crippen molar-refractivity contribution < 1.29 is 9.90 Å². The minimum atomic E-state index is -0.423. The number of urea groups is 1. The molecule has 4 nitrogen and oxygen atoms in total. The molecule has 0 aromatic carbocycles. The SMILES string of the molecule is CC(CO)(NC(=O)NCC1CC1)C1CC1. The molecule has 15 heavy (non-hydrogen) atoms. The van der Waals surface area contributed by atoms with E-state index in [0.717, 1.165) is 19.4 Å². The lowest BCUT2D eigenvalue weighted by Gasteiger charge is -2.28. The van der Waals surface area contributed by atoms with Gasteiger partial charge in [0.15, 0.2) is 0 Å². The zero-order valence-electron chi connectivity index (χ0n) is 9.25. The summed E-state index contributed by atoms with van der Waals surface area (Å²) in [5, 5.41) is 15.0. The van der Waals surface area contributed by atoms with Crippen molar-refractivity contribution in [3.8, 4) is 0 Å². The fourth-order valence-corrected chi connectivity index (χ4v) is 1.85. The smallest absolute Gasteiger partial charge is 0.315 e. The third-order valence-corrected chi connectivity index (χ3v) is 3.45. The quantitative estimate of drug-likeness (QED) is 0.633. The Morgan fingerprint density at radius 2 is 2.07 bits per heavy atom. The Labute approximate surface area is 90.4 Å². The van der Waals surface area contributed by atoms with Crippen LogP contribution in [0.4, 0.5) is 4.79 Å². The van der Waals surface area contributed by atoms with E-state index in [1.54, 1.807) is 0 Å². The molecule has 1 unspecified atom stereocenters. The van der Waals surface area contributed by atoms with Crippen molar-refractivity contribution in [2.24, 2.45) is 11.8 Å². The average molecular weight is 212 g/mol. The molecule has 2 fully saturated rings. The number of amides is 2. The Morgan fingerprint density at radius 3 is 2.53 bits per heavy atom. The number of nitrogens with one attached hydrogen (secondary N) is 2. The molecule has 2 rings (SSSR count). The molecule has 0 aromatic rings. The van der Waals surface area contributed by atoms with Crippen LogP contribution >= 0.6 is 0 Å². The first-order valence-corrected chi connectivity index (χ1v) is 5.81. The lowest BCUT2D eigenvalue weighted by atomic mass is 9.97. The van der Waals surface area contributed by atoms with Crippen molar-refractivity contribution in [3.63, 3.8) is 0 Å². The molecule has 4 heteroatoms. The summed E-state index contributed by atoms with van der Waals surface area (Å²) in [5.41, 5.74) is -0.423. The van der Waals surface area contributed by atoms with Crippen molar-refractivity contribution in [1.29, 1.82) is 0 Å². The zero-order chi connectivity index (χ0) is 10.9.